The van der Waals surface area contributed by atoms with E-state index in [-0.39, 0.29) is 0 Å². The predicted octanol–water partition coefficient (Wildman–Crippen LogP) is 2.13. The predicted molar refractivity (Wildman–Crippen MR) is 50.8 cm³/mol. The molecule has 0 spiro atoms. The first-order valence-corrected chi connectivity index (χ1v) is 5.10. The summed E-state index contributed by atoms with van der Waals surface area (Å²) in [4.78, 5) is 0. The Morgan fingerprint density at radius 3 is 2.40 bits per heavy atom. The number of nitrogens with one attached hydrogen (secondary N) is 1. The Kier molecular flexibility index (Phi) is 5.18. The van der Waals surface area contributed by atoms with Crippen LogP contribution in [-0.4, -0.2) is 24.1 Å². The summed E-state index contributed by atoms with van der Waals surface area (Å²) < 4.78 is 0.398. The molecule has 0 amide bonds. The molecule has 0 aromatic heterocycles. The van der Waals surface area contributed by atoms with Crippen molar-refractivity contribution in [1.29, 1.82) is 0 Å². The highest BCUT2D eigenvalue weighted by Crippen LogP contribution is 2.19. The van der Waals surface area contributed by atoms with Crippen molar-refractivity contribution in [1.82, 2.24) is 5.32 Å². The molecule has 10 heavy (non-hydrogen) atoms. The molecule has 0 aromatic rings. The smallest absolute Gasteiger partial charge is 0.0225 e. The lowest BCUT2D eigenvalue weighted by Gasteiger charge is -2.21. The van der Waals surface area contributed by atoms with Crippen molar-refractivity contribution in [3.63, 3.8) is 0 Å². The Balaban J connectivity index is 3.28. The average molecular weight is 161 g/mol. The van der Waals surface area contributed by atoms with Crippen molar-refractivity contribution in [2.24, 2.45) is 0 Å². The van der Waals surface area contributed by atoms with Gasteiger partial charge in [-0.25, -0.2) is 0 Å². The van der Waals surface area contributed by atoms with Gasteiger partial charge in [-0.2, -0.15) is 11.8 Å². The molecular formula is C8H19NS. The van der Waals surface area contributed by atoms with Gasteiger partial charge >= 0.3 is 0 Å². The Morgan fingerprint density at radius 2 is 2.00 bits per heavy atom. The fourth-order valence-corrected chi connectivity index (χ4v) is 0.885. The highest BCUT2D eigenvalue weighted by molar-refractivity contribution is 7.99. The van der Waals surface area contributed by atoms with Crippen molar-refractivity contribution in [3.05, 3.63) is 0 Å². The lowest BCUT2D eigenvalue weighted by atomic mass is 10.2. The van der Waals surface area contributed by atoms with Crippen LogP contribution in [0.2, 0.25) is 0 Å². The van der Waals surface area contributed by atoms with Gasteiger partial charge in [0.25, 0.3) is 0 Å². The molecule has 0 bridgehead atoms. The van der Waals surface area contributed by atoms with Crippen LogP contribution in [0, 0.1) is 0 Å². The second kappa shape index (κ2) is 5.03. The first-order valence-electron chi connectivity index (χ1n) is 3.88. The summed E-state index contributed by atoms with van der Waals surface area (Å²) in [6.45, 7) is 8.98. The van der Waals surface area contributed by atoms with Crippen LogP contribution >= 0.6 is 11.8 Å². The lowest BCUT2D eigenvalue weighted by molar-refractivity contribution is 0.587. The minimum absolute atomic E-state index is 0.398. The van der Waals surface area contributed by atoms with Gasteiger partial charge in [-0.15, -0.1) is 0 Å². The van der Waals surface area contributed by atoms with E-state index in [1.165, 1.54) is 6.42 Å². The van der Waals surface area contributed by atoms with Crippen LogP contribution in [0.4, 0.5) is 0 Å². The van der Waals surface area contributed by atoms with E-state index in [1.807, 2.05) is 11.8 Å². The lowest BCUT2D eigenvalue weighted by Crippen LogP contribution is -2.32. The quantitative estimate of drug-likeness (QED) is 0.620. The van der Waals surface area contributed by atoms with Crippen LogP contribution < -0.4 is 5.32 Å². The second-order valence-electron chi connectivity index (χ2n) is 3.14. The van der Waals surface area contributed by atoms with Gasteiger partial charge in [0.05, 0.1) is 0 Å². The minimum Gasteiger partial charge on any atom is -0.315 e. The van der Waals surface area contributed by atoms with E-state index in [0.29, 0.717) is 4.75 Å². The average Bonchev–Trinajstić information content (AvgIpc) is 1.89. The number of hydrogen-bond donors (Lipinski definition) is 1. The Bertz CT molecular complexity index is 81.3. The monoisotopic (exact) mass is 161 g/mol. The fourth-order valence-electron chi connectivity index (χ4n) is 0.638. The second-order valence-corrected chi connectivity index (χ2v) is 4.65. The topological polar surface area (TPSA) is 12.0 Å². The molecule has 0 unspecified atom stereocenters. The molecule has 0 saturated heterocycles. The van der Waals surface area contributed by atoms with Crippen molar-refractivity contribution in [2.45, 2.75) is 31.9 Å². The van der Waals surface area contributed by atoms with Crippen molar-refractivity contribution in [3.8, 4) is 0 Å². The Hall–Kier alpha value is 0.310. The van der Waals surface area contributed by atoms with Gasteiger partial charge in [-0.1, -0.05) is 6.92 Å². The summed E-state index contributed by atoms with van der Waals surface area (Å²) in [6.07, 6.45) is 3.39. The van der Waals surface area contributed by atoms with Gasteiger partial charge in [0, 0.05) is 11.3 Å². The van der Waals surface area contributed by atoms with Crippen LogP contribution in [0.25, 0.3) is 0 Å². The van der Waals surface area contributed by atoms with E-state index in [4.69, 9.17) is 0 Å². The van der Waals surface area contributed by atoms with Gasteiger partial charge in [0.1, 0.15) is 0 Å². The van der Waals surface area contributed by atoms with Gasteiger partial charge in [0.15, 0.2) is 0 Å². The van der Waals surface area contributed by atoms with E-state index in [2.05, 4.69) is 32.3 Å². The molecule has 0 aliphatic rings. The maximum atomic E-state index is 3.41. The van der Waals surface area contributed by atoms with Crippen LogP contribution in [0.1, 0.15) is 27.2 Å². The van der Waals surface area contributed by atoms with E-state index < -0.39 is 0 Å². The van der Waals surface area contributed by atoms with Crippen LogP contribution in [0.5, 0.6) is 0 Å². The largest absolute Gasteiger partial charge is 0.315 e. The van der Waals surface area contributed by atoms with Crippen LogP contribution in [0.3, 0.4) is 0 Å². The van der Waals surface area contributed by atoms with Crippen molar-refractivity contribution >= 4 is 11.8 Å². The molecular weight excluding hydrogens is 142 g/mol. The molecule has 0 fully saturated rings. The molecule has 0 heterocycles. The summed E-state index contributed by atoms with van der Waals surface area (Å²) in [5, 5.41) is 3.41. The normalized spacial score (nSPS) is 12.0. The summed E-state index contributed by atoms with van der Waals surface area (Å²) in [5.74, 6) is 0. The zero-order chi connectivity index (χ0) is 8.04. The number of rotatable bonds is 5. The zero-order valence-corrected chi connectivity index (χ0v) is 8.35. The van der Waals surface area contributed by atoms with Gasteiger partial charge in [0.2, 0.25) is 0 Å². The SMILES string of the molecule is CCCNCC(C)(C)SC. The highest BCUT2D eigenvalue weighted by atomic mass is 32.2. The summed E-state index contributed by atoms with van der Waals surface area (Å²) in [6, 6.07) is 0. The van der Waals surface area contributed by atoms with Gasteiger partial charge in [-0.3, -0.25) is 0 Å². The molecule has 62 valence electrons. The maximum absolute atomic E-state index is 3.41. The molecule has 1 nitrogen and oxygen atoms in total. The summed E-state index contributed by atoms with van der Waals surface area (Å²) in [7, 11) is 0. The number of thioether (sulfide) groups is 1. The molecule has 0 aromatic carbocycles. The fraction of sp³-hybridized carbons (Fsp3) is 1.00. The Morgan fingerprint density at radius 1 is 1.40 bits per heavy atom. The van der Waals surface area contributed by atoms with E-state index in [9.17, 15) is 0 Å². The third kappa shape index (κ3) is 5.12. The molecule has 2 heteroatoms. The first kappa shape index (κ1) is 10.3. The van der Waals surface area contributed by atoms with Crippen LogP contribution in [0.15, 0.2) is 0 Å². The molecule has 0 atom stereocenters. The number of hydrogen-bond acceptors (Lipinski definition) is 2. The summed E-state index contributed by atoms with van der Waals surface area (Å²) >= 11 is 1.92. The zero-order valence-electron chi connectivity index (χ0n) is 7.53. The van der Waals surface area contributed by atoms with Crippen molar-refractivity contribution in [2.75, 3.05) is 19.3 Å². The van der Waals surface area contributed by atoms with E-state index in [0.717, 1.165) is 13.1 Å². The van der Waals surface area contributed by atoms with Gasteiger partial charge < -0.3 is 5.32 Å². The molecule has 1 N–H and O–H groups in total. The first-order chi connectivity index (χ1) is 4.62. The summed E-state index contributed by atoms with van der Waals surface area (Å²) in [5.41, 5.74) is 0. The molecule has 0 radical (unpaired) electrons. The van der Waals surface area contributed by atoms with E-state index >= 15 is 0 Å². The van der Waals surface area contributed by atoms with Crippen molar-refractivity contribution < 1.29 is 0 Å². The molecule has 0 aliphatic heterocycles. The van der Waals surface area contributed by atoms with Crippen LogP contribution in [-0.2, 0) is 0 Å². The third-order valence-corrected chi connectivity index (χ3v) is 2.78. The van der Waals surface area contributed by atoms with Gasteiger partial charge in [-0.05, 0) is 33.1 Å². The third-order valence-electron chi connectivity index (χ3n) is 1.53. The molecule has 0 saturated carbocycles. The van der Waals surface area contributed by atoms with E-state index in [1.54, 1.807) is 0 Å². The standard InChI is InChI=1S/C8H19NS/c1-5-6-9-7-8(2,3)10-4/h9H,5-7H2,1-4H3. The molecule has 0 rings (SSSR count). The Labute approximate surface area is 69.0 Å². The maximum Gasteiger partial charge on any atom is 0.0225 e. The minimum atomic E-state index is 0.398. The molecule has 0 aliphatic carbocycles. The highest BCUT2D eigenvalue weighted by Gasteiger charge is 2.13.